The minimum Gasteiger partial charge on any atom is -0.487 e. The van der Waals surface area contributed by atoms with Crippen LogP contribution in [0.5, 0.6) is 5.75 Å². The molecule has 0 amide bonds. The molecule has 0 aromatic heterocycles. The molecule has 0 aliphatic rings. The molecule has 104 valence electrons. The van der Waals surface area contributed by atoms with Gasteiger partial charge < -0.3 is 9.47 Å². The van der Waals surface area contributed by atoms with E-state index in [2.05, 4.69) is 0 Å². The average Bonchev–Trinajstić information content (AvgIpc) is 2.26. The van der Waals surface area contributed by atoms with Gasteiger partial charge in [-0.05, 0) is 33.8 Å². The topological polar surface area (TPSA) is 78.7 Å². The highest BCUT2D eigenvalue weighted by molar-refractivity contribution is 5.94. The van der Waals surface area contributed by atoms with Crippen LogP contribution in [0.25, 0.3) is 0 Å². The van der Waals surface area contributed by atoms with Crippen LogP contribution in [-0.4, -0.2) is 23.1 Å². The number of carbonyl (C=O) groups excluding carboxylic acids is 1. The molecule has 0 radical (unpaired) electrons. The van der Waals surface area contributed by atoms with E-state index in [-0.39, 0.29) is 23.6 Å². The number of hydrogen-bond donors (Lipinski definition) is 0. The van der Waals surface area contributed by atoms with Gasteiger partial charge in [0.25, 0.3) is 0 Å². The lowest BCUT2D eigenvalue weighted by atomic mass is 10.1. The molecule has 0 saturated carbocycles. The second-order valence-corrected chi connectivity index (χ2v) is 4.85. The summed E-state index contributed by atoms with van der Waals surface area (Å²) in [6, 6.07) is 4.17. The summed E-state index contributed by atoms with van der Waals surface area (Å²) < 4.78 is 10.4. The smallest absolute Gasteiger partial charge is 0.342 e. The maximum Gasteiger partial charge on any atom is 0.342 e. The summed E-state index contributed by atoms with van der Waals surface area (Å²) in [7, 11) is 0. The molecule has 6 heteroatoms. The molecule has 6 nitrogen and oxygen atoms in total. The fourth-order valence-electron chi connectivity index (χ4n) is 1.46. The third-order valence-corrected chi connectivity index (χ3v) is 2.10. The van der Waals surface area contributed by atoms with Gasteiger partial charge in [-0.2, -0.15) is 0 Å². The summed E-state index contributed by atoms with van der Waals surface area (Å²) in [5.41, 5.74) is -0.859. The SMILES string of the molecule is CCOc1c(C(=O)OC(C)(C)C)cccc1[N+](=O)[O-]. The van der Waals surface area contributed by atoms with E-state index in [1.807, 2.05) is 0 Å². The number of carbonyl (C=O) groups is 1. The Balaban J connectivity index is 3.23. The average molecular weight is 267 g/mol. The molecule has 0 saturated heterocycles. The Kier molecular flexibility index (Phi) is 4.47. The van der Waals surface area contributed by atoms with Crippen molar-refractivity contribution in [3.05, 3.63) is 33.9 Å². The number of rotatable bonds is 4. The standard InChI is InChI=1S/C13H17NO5/c1-5-18-11-9(12(15)19-13(2,3)4)7-6-8-10(11)14(16)17/h6-8H,5H2,1-4H3. The highest BCUT2D eigenvalue weighted by atomic mass is 16.6. The summed E-state index contributed by atoms with van der Waals surface area (Å²) in [6.07, 6.45) is 0. The number of esters is 1. The number of para-hydroxylation sites is 1. The second-order valence-electron chi connectivity index (χ2n) is 4.85. The highest BCUT2D eigenvalue weighted by Gasteiger charge is 2.26. The maximum absolute atomic E-state index is 12.0. The number of nitro benzene ring substituents is 1. The van der Waals surface area contributed by atoms with E-state index in [1.165, 1.54) is 18.2 Å². The van der Waals surface area contributed by atoms with Crippen molar-refractivity contribution in [3.8, 4) is 5.75 Å². The van der Waals surface area contributed by atoms with Crippen LogP contribution in [0.1, 0.15) is 38.1 Å². The van der Waals surface area contributed by atoms with Crippen molar-refractivity contribution in [1.29, 1.82) is 0 Å². The van der Waals surface area contributed by atoms with Crippen molar-refractivity contribution >= 4 is 11.7 Å². The zero-order valence-electron chi connectivity index (χ0n) is 11.4. The zero-order valence-corrected chi connectivity index (χ0v) is 11.4. The third kappa shape index (κ3) is 3.94. The van der Waals surface area contributed by atoms with E-state index in [0.717, 1.165) is 0 Å². The minimum atomic E-state index is -0.675. The molecule has 0 spiro atoms. The van der Waals surface area contributed by atoms with E-state index >= 15 is 0 Å². The van der Waals surface area contributed by atoms with Gasteiger partial charge in [0.15, 0.2) is 0 Å². The van der Waals surface area contributed by atoms with E-state index in [0.29, 0.717) is 0 Å². The molecule has 0 unspecified atom stereocenters. The van der Waals surface area contributed by atoms with Crippen LogP contribution in [0.4, 0.5) is 5.69 Å². The summed E-state index contributed by atoms with van der Waals surface area (Å²) in [5.74, 6) is -0.691. The van der Waals surface area contributed by atoms with Crippen molar-refractivity contribution < 1.29 is 19.2 Å². The quantitative estimate of drug-likeness (QED) is 0.476. The van der Waals surface area contributed by atoms with E-state index < -0.39 is 16.5 Å². The fraction of sp³-hybridized carbons (Fsp3) is 0.462. The first-order valence-electron chi connectivity index (χ1n) is 5.90. The lowest BCUT2D eigenvalue weighted by molar-refractivity contribution is -0.385. The van der Waals surface area contributed by atoms with Gasteiger partial charge in [0.2, 0.25) is 5.75 Å². The Morgan fingerprint density at radius 3 is 2.47 bits per heavy atom. The minimum absolute atomic E-state index is 0.0516. The molecular formula is C13H17NO5. The molecule has 0 fully saturated rings. The molecule has 0 atom stereocenters. The van der Waals surface area contributed by atoms with E-state index in [4.69, 9.17) is 9.47 Å². The van der Waals surface area contributed by atoms with E-state index in [1.54, 1.807) is 27.7 Å². The molecular weight excluding hydrogens is 250 g/mol. The first kappa shape index (κ1) is 14.9. The largest absolute Gasteiger partial charge is 0.487 e. The monoisotopic (exact) mass is 267 g/mol. The van der Waals surface area contributed by atoms with Crippen LogP contribution in [0, 0.1) is 10.1 Å². The number of nitro groups is 1. The predicted molar refractivity (Wildman–Crippen MR) is 69.4 cm³/mol. The summed E-state index contributed by atoms with van der Waals surface area (Å²) in [5, 5.41) is 10.9. The fourth-order valence-corrected chi connectivity index (χ4v) is 1.46. The van der Waals surface area contributed by atoms with Crippen LogP contribution in [0.2, 0.25) is 0 Å². The van der Waals surface area contributed by atoms with Crippen molar-refractivity contribution in [2.45, 2.75) is 33.3 Å². The second kappa shape index (κ2) is 5.69. The number of benzene rings is 1. The van der Waals surface area contributed by atoms with Crippen molar-refractivity contribution in [2.75, 3.05) is 6.61 Å². The number of ether oxygens (including phenoxy) is 2. The molecule has 0 N–H and O–H groups in total. The van der Waals surface area contributed by atoms with Gasteiger partial charge in [0.05, 0.1) is 11.5 Å². The Labute approximate surface area is 111 Å². The third-order valence-electron chi connectivity index (χ3n) is 2.10. The molecule has 0 aliphatic carbocycles. The molecule has 0 heterocycles. The Hall–Kier alpha value is -2.11. The normalized spacial score (nSPS) is 10.9. The van der Waals surface area contributed by atoms with Crippen molar-refractivity contribution in [1.82, 2.24) is 0 Å². The van der Waals surface area contributed by atoms with Crippen molar-refractivity contribution in [2.24, 2.45) is 0 Å². The van der Waals surface area contributed by atoms with Gasteiger partial charge in [0.1, 0.15) is 11.2 Å². The lowest BCUT2D eigenvalue weighted by Crippen LogP contribution is -2.24. The van der Waals surface area contributed by atoms with Gasteiger partial charge >= 0.3 is 11.7 Å². The van der Waals surface area contributed by atoms with Crippen molar-refractivity contribution in [3.63, 3.8) is 0 Å². The zero-order chi connectivity index (χ0) is 14.6. The van der Waals surface area contributed by atoms with Gasteiger partial charge in [-0.15, -0.1) is 0 Å². The Bertz CT molecular complexity index is 490. The summed E-state index contributed by atoms with van der Waals surface area (Å²) in [6.45, 7) is 7.09. The Morgan fingerprint density at radius 1 is 1.37 bits per heavy atom. The first-order chi connectivity index (χ1) is 8.76. The predicted octanol–water partition coefficient (Wildman–Crippen LogP) is 2.95. The number of hydrogen-bond acceptors (Lipinski definition) is 5. The van der Waals surface area contributed by atoms with E-state index in [9.17, 15) is 14.9 Å². The highest BCUT2D eigenvalue weighted by Crippen LogP contribution is 2.32. The van der Waals surface area contributed by atoms with Crippen LogP contribution in [0.15, 0.2) is 18.2 Å². The van der Waals surface area contributed by atoms with Gasteiger partial charge in [0, 0.05) is 6.07 Å². The van der Waals surface area contributed by atoms with Gasteiger partial charge in [-0.1, -0.05) is 6.07 Å². The van der Waals surface area contributed by atoms with Crippen LogP contribution in [0.3, 0.4) is 0 Å². The Morgan fingerprint density at radius 2 is 2.00 bits per heavy atom. The molecule has 1 aromatic rings. The molecule has 0 aliphatic heterocycles. The maximum atomic E-state index is 12.0. The molecule has 0 bridgehead atoms. The first-order valence-corrected chi connectivity index (χ1v) is 5.90. The summed E-state index contributed by atoms with van der Waals surface area (Å²) >= 11 is 0. The lowest BCUT2D eigenvalue weighted by Gasteiger charge is -2.20. The molecule has 19 heavy (non-hydrogen) atoms. The van der Waals surface area contributed by atoms with Crippen LogP contribution in [-0.2, 0) is 4.74 Å². The van der Waals surface area contributed by atoms with Crippen LogP contribution >= 0.6 is 0 Å². The van der Waals surface area contributed by atoms with Gasteiger partial charge in [-0.25, -0.2) is 4.79 Å². The number of nitrogens with zero attached hydrogens (tertiary/aromatic N) is 1. The van der Waals surface area contributed by atoms with Crippen LogP contribution < -0.4 is 4.74 Å². The molecule has 1 rings (SSSR count). The summed E-state index contributed by atoms with van der Waals surface area (Å²) in [4.78, 5) is 22.4. The molecule has 1 aromatic carbocycles. The van der Waals surface area contributed by atoms with Gasteiger partial charge in [-0.3, -0.25) is 10.1 Å².